The van der Waals surface area contributed by atoms with E-state index in [4.69, 9.17) is 9.47 Å². The number of allylic oxidation sites excluding steroid dienone is 3. The average molecular weight is 307 g/mol. The maximum atomic E-state index is 5.45. The van der Waals surface area contributed by atoms with Crippen molar-refractivity contribution in [1.29, 1.82) is 0 Å². The first-order valence-corrected chi connectivity index (χ1v) is 6.97. The number of halogens is 1. The van der Waals surface area contributed by atoms with Crippen molar-refractivity contribution in [3.05, 3.63) is 34.7 Å². The zero-order valence-corrected chi connectivity index (χ0v) is 12.3. The minimum Gasteiger partial charge on any atom is -0.352 e. The first-order valence-electron chi connectivity index (χ1n) is 5.19. The normalized spacial score (nSPS) is 11.9. The van der Waals surface area contributed by atoms with Crippen molar-refractivity contribution in [3.63, 3.8) is 0 Å². The molecule has 0 aliphatic carbocycles. The largest absolute Gasteiger partial charge is 0.352 e. The molecule has 0 bridgehead atoms. The van der Waals surface area contributed by atoms with E-state index in [2.05, 4.69) is 29.1 Å². The van der Waals surface area contributed by atoms with Gasteiger partial charge in [0.05, 0.1) is 0 Å². The van der Waals surface area contributed by atoms with E-state index in [0.717, 1.165) is 15.1 Å². The Hall–Kier alpha value is -0.0300. The molecule has 0 unspecified atom stereocenters. The van der Waals surface area contributed by atoms with Gasteiger partial charge in [-0.05, 0) is 19.9 Å². The van der Waals surface area contributed by atoms with E-state index >= 15 is 0 Å². The second-order valence-corrected chi connectivity index (χ2v) is 4.84. The van der Waals surface area contributed by atoms with E-state index in [0.29, 0.717) is 13.2 Å². The molecule has 0 saturated heterocycles. The summed E-state index contributed by atoms with van der Waals surface area (Å²) in [5, 5.41) is 0. The highest BCUT2D eigenvalue weighted by Crippen LogP contribution is 2.28. The molecule has 0 aromatic heterocycles. The van der Waals surface area contributed by atoms with Gasteiger partial charge in [-0.1, -0.05) is 35.2 Å². The number of hydrogen-bond donors (Lipinski definition) is 0. The number of ether oxygens (including phenoxy) is 2. The Labute approximate surface area is 111 Å². The predicted molar refractivity (Wildman–Crippen MR) is 75.8 cm³/mol. The first kappa shape index (κ1) is 16.0. The molecule has 0 amide bonds. The van der Waals surface area contributed by atoms with Crippen LogP contribution < -0.4 is 0 Å². The van der Waals surface area contributed by atoms with E-state index in [1.54, 1.807) is 17.8 Å². The fourth-order valence-corrected chi connectivity index (χ4v) is 2.33. The third-order valence-electron chi connectivity index (χ3n) is 1.62. The summed E-state index contributed by atoms with van der Waals surface area (Å²) in [7, 11) is 0. The van der Waals surface area contributed by atoms with Crippen LogP contribution in [0.5, 0.6) is 0 Å². The van der Waals surface area contributed by atoms with E-state index in [-0.39, 0.29) is 6.29 Å². The Bertz CT molecular complexity index is 245. The van der Waals surface area contributed by atoms with Crippen LogP contribution >= 0.6 is 27.7 Å². The van der Waals surface area contributed by atoms with Crippen LogP contribution in [0.25, 0.3) is 0 Å². The lowest BCUT2D eigenvalue weighted by atomic mass is 10.5. The van der Waals surface area contributed by atoms with E-state index in [9.17, 15) is 0 Å². The van der Waals surface area contributed by atoms with Crippen LogP contribution in [0.15, 0.2) is 34.7 Å². The molecule has 0 aromatic carbocycles. The lowest BCUT2D eigenvalue weighted by molar-refractivity contribution is -0.119. The van der Waals surface area contributed by atoms with Gasteiger partial charge in [0, 0.05) is 28.4 Å². The smallest absolute Gasteiger partial charge is 0.166 e. The summed E-state index contributed by atoms with van der Waals surface area (Å²) in [4.78, 5) is 1.04. The van der Waals surface area contributed by atoms with Crippen LogP contribution in [-0.2, 0) is 9.47 Å². The van der Waals surface area contributed by atoms with Gasteiger partial charge in [-0.15, -0.1) is 11.8 Å². The lowest BCUT2D eigenvalue weighted by Crippen LogP contribution is -2.20. The van der Waals surface area contributed by atoms with E-state index in [1.807, 2.05) is 19.9 Å². The fraction of sp³-hybridized carbons (Fsp3) is 0.500. The monoisotopic (exact) mass is 306 g/mol. The summed E-state index contributed by atoms with van der Waals surface area (Å²) >= 11 is 4.99. The molecule has 16 heavy (non-hydrogen) atoms. The molecule has 0 aliphatic rings. The van der Waals surface area contributed by atoms with Crippen molar-refractivity contribution in [2.75, 3.05) is 19.0 Å². The molecule has 2 nitrogen and oxygen atoms in total. The molecule has 0 heterocycles. The first-order chi connectivity index (χ1) is 7.65. The Morgan fingerprint density at radius 3 is 2.31 bits per heavy atom. The van der Waals surface area contributed by atoms with Crippen molar-refractivity contribution in [1.82, 2.24) is 0 Å². The molecular weight excluding hydrogens is 288 g/mol. The van der Waals surface area contributed by atoms with Crippen LogP contribution in [0.1, 0.15) is 13.8 Å². The predicted octanol–water partition coefficient (Wildman–Crippen LogP) is 4.10. The Balaban J connectivity index is 4.19. The van der Waals surface area contributed by atoms with Crippen LogP contribution in [0, 0.1) is 0 Å². The summed E-state index contributed by atoms with van der Waals surface area (Å²) in [5.74, 6) is 0.742. The maximum Gasteiger partial charge on any atom is 0.166 e. The molecule has 0 fully saturated rings. The SMILES string of the molecule is C=C/C=C(/SCC(OCC)OCC)C(=C)Br. The molecule has 0 spiro atoms. The Morgan fingerprint density at radius 2 is 1.94 bits per heavy atom. The van der Waals surface area contributed by atoms with Gasteiger partial charge in [-0.3, -0.25) is 0 Å². The van der Waals surface area contributed by atoms with Crippen molar-refractivity contribution < 1.29 is 9.47 Å². The topological polar surface area (TPSA) is 18.5 Å². The van der Waals surface area contributed by atoms with Crippen molar-refractivity contribution in [2.45, 2.75) is 20.1 Å². The molecule has 0 aliphatic heterocycles. The lowest BCUT2D eigenvalue weighted by Gasteiger charge is -2.17. The van der Waals surface area contributed by atoms with Gasteiger partial charge in [0.1, 0.15) is 0 Å². The molecule has 0 N–H and O–H groups in total. The van der Waals surface area contributed by atoms with E-state index in [1.165, 1.54) is 0 Å². The molecular formula is C12H19BrO2S. The van der Waals surface area contributed by atoms with Gasteiger partial charge in [0.15, 0.2) is 6.29 Å². The summed E-state index contributed by atoms with van der Waals surface area (Å²) in [6.45, 7) is 12.7. The second kappa shape index (κ2) is 10.1. The van der Waals surface area contributed by atoms with E-state index < -0.39 is 0 Å². The van der Waals surface area contributed by atoms with Crippen molar-refractivity contribution >= 4 is 27.7 Å². The van der Waals surface area contributed by atoms with Gasteiger partial charge in [0.2, 0.25) is 0 Å². The quantitative estimate of drug-likeness (QED) is 0.472. The standard InChI is InChI=1S/C12H19BrO2S/c1-5-8-11(10(4)13)16-9-12(14-6-2)15-7-3/h5,8,12H,1,4,6-7,9H2,2-3H3/b11-8+. The highest BCUT2D eigenvalue weighted by molar-refractivity contribution is 9.12. The van der Waals surface area contributed by atoms with Gasteiger partial charge >= 0.3 is 0 Å². The average Bonchev–Trinajstić information content (AvgIpc) is 2.24. The van der Waals surface area contributed by atoms with Crippen molar-refractivity contribution in [3.8, 4) is 0 Å². The molecule has 0 atom stereocenters. The second-order valence-electron chi connectivity index (χ2n) is 2.82. The Kier molecular flexibility index (Phi) is 10.1. The number of hydrogen-bond acceptors (Lipinski definition) is 3. The van der Waals surface area contributed by atoms with Gasteiger partial charge in [0.25, 0.3) is 0 Å². The third kappa shape index (κ3) is 7.28. The Morgan fingerprint density at radius 1 is 1.38 bits per heavy atom. The van der Waals surface area contributed by atoms with Crippen LogP contribution in [-0.4, -0.2) is 25.3 Å². The van der Waals surface area contributed by atoms with Gasteiger partial charge in [-0.25, -0.2) is 0 Å². The molecule has 0 saturated carbocycles. The van der Waals surface area contributed by atoms with Gasteiger partial charge < -0.3 is 9.47 Å². The fourth-order valence-electron chi connectivity index (χ4n) is 0.998. The molecule has 0 radical (unpaired) electrons. The summed E-state index contributed by atoms with van der Waals surface area (Å²) in [6, 6.07) is 0. The number of thioether (sulfide) groups is 1. The maximum absolute atomic E-state index is 5.45. The molecule has 4 heteroatoms. The highest BCUT2D eigenvalue weighted by atomic mass is 79.9. The van der Waals surface area contributed by atoms with Crippen LogP contribution in [0.3, 0.4) is 0 Å². The zero-order valence-electron chi connectivity index (χ0n) is 9.87. The zero-order chi connectivity index (χ0) is 12.4. The molecule has 0 rings (SSSR count). The summed E-state index contributed by atoms with van der Waals surface area (Å²) < 4.78 is 11.8. The van der Waals surface area contributed by atoms with Crippen molar-refractivity contribution in [2.24, 2.45) is 0 Å². The minimum absolute atomic E-state index is 0.167. The highest BCUT2D eigenvalue weighted by Gasteiger charge is 2.10. The van der Waals surface area contributed by atoms with Crippen LogP contribution in [0.2, 0.25) is 0 Å². The minimum atomic E-state index is -0.167. The molecule has 92 valence electrons. The third-order valence-corrected chi connectivity index (χ3v) is 3.44. The summed E-state index contributed by atoms with van der Waals surface area (Å²) in [5.41, 5.74) is 0. The van der Waals surface area contributed by atoms with Gasteiger partial charge in [-0.2, -0.15) is 0 Å². The van der Waals surface area contributed by atoms with Crippen LogP contribution in [0.4, 0.5) is 0 Å². The summed E-state index contributed by atoms with van der Waals surface area (Å²) in [6.07, 6.45) is 3.49. The molecule has 0 aromatic rings. The number of rotatable bonds is 9.